The van der Waals surface area contributed by atoms with Crippen molar-refractivity contribution in [2.24, 2.45) is 5.92 Å². The summed E-state index contributed by atoms with van der Waals surface area (Å²) >= 11 is 0. The van der Waals surface area contributed by atoms with Gasteiger partial charge in [-0.25, -0.2) is 0 Å². The van der Waals surface area contributed by atoms with Crippen molar-refractivity contribution in [3.63, 3.8) is 0 Å². The molecule has 3 nitrogen and oxygen atoms in total. The maximum Gasteiger partial charge on any atom is 0.208 e. The van der Waals surface area contributed by atoms with Gasteiger partial charge in [0.2, 0.25) is 5.78 Å². The highest BCUT2D eigenvalue weighted by Gasteiger charge is 2.12. The number of carbonyl (C=O) groups excluding carboxylic acids is 1. The average Bonchev–Trinajstić information content (AvgIpc) is 2.25. The molecule has 0 radical (unpaired) electrons. The molecule has 1 rings (SSSR count). The van der Waals surface area contributed by atoms with Crippen LogP contribution < -0.4 is 0 Å². The molecular weight excluding hydrogens is 192 g/mol. The lowest BCUT2D eigenvalue weighted by molar-refractivity contribution is -0.154. The molecule has 1 aliphatic rings. The molecule has 3 heteroatoms. The summed E-state index contributed by atoms with van der Waals surface area (Å²) in [6.07, 6.45) is 3.06. The molecule has 0 spiro atoms. The van der Waals surface area contributed by atoms with Gasteiger partial charge < -0.3 is 9.47 Å². The van der Waals surface area contributed by atoms with Gasteiger partial charge in [0.25, 0.3) is 0 Å². The van der Waals surface area contributed by atoms with E-state index in [0.29, 0.717) is 0 Å². The molecule has 1 unspecified atom stereocenters. The monoisotopic (exact) mass is 210 g/mol. The van der Waals surface area contributed by atoms with E-state index in [0.717, 1.165) is 25.9 Å². The molecular formula is C12H18O3. The molecule has 1 aliphatic heterocycles. The normalized spacial score (nSPS) is 20.9. The van der Waals surface area contributed by atoms with E-state index in [2.05, 4.69) is 11.8 Å². The smallest absolute Gasteiger partial charge is 0.208 e. The van der Waals surface area contributed by atoms with Crippen molar-refractivity contribution in [3.05, 3.63) is 0 Å². The summed E-state index contributed by atoms with van der Waals surface area (Å²) in [6, 6.07) is 0. The second-order valence-corrected chi connectivity index (χ2v) is 3.93. The Labute approximate surface area is 91.1 Å². The standard InChI is InChI=1S/C12H18O3/c1-10(2)11(13)6-5-9-15-12-7-3-4-8-14-12/h10,12H,3-4,7-9H2,1-2H3. The Balaban J connectivity index is 2.17. The first-order valence-electron chi connectivity index (χ1n) is 5.46. The summed E-state index contributed by atoms with van der Waals surface area (Å²) in [5, 5.41) is 0. The highest BCUT2D eigenvalue weighted by Crippen LogP contribution is 2.12. The SMILES string of the molecule is CC(C)C(=O)C#CCOC1CCCCO1. The van der Waals surface area contributed by atoms with Crippen LogP contribution in [-0.4, -0.2) is 25.3 Å². The van der Waals surface area contributed by atoms with Crippen molar-refractivity contribution >= 4 is 5.78 Å². The number of ketones is 1. The van der Waals surface area contributed by atoms with E-state index in [9.17, 15) is 4.79 Å². The first kappa shape index (κ1) is 12.2. The first-order valence-corrected chi connectivity index (χ1v) is 5.46. The third kappa shape index (κ3) is 4.96. The van der Waals surface area contributed by atoms with Crippen LogP contribution in [0.25, 0.3) is 0 Å². The zero-order valence-electron chi connectivity index (χ0n) is 9.41. The molecule has 0 N–H and O–H groups in total. The van der Waals surface area contributed by atoms with Gasteiger partial charge in [-0.3, -0.25) is 4.79 Å². The predicted octanol–water partition coefficient (Wildman–Crippen LogP) is 1.76. The molecule has 0 aromatic rings. The molecule has 1 atom stereocenters. The van der Waals surface area contributed by atoms with Crippen molar-refractivity contribution in [3.8, 4) is 11.8 Å². The summed E-state index contributed by atoms with van der Waals surface area (Å²) in [5.74, 6) is 5.20. The molecule has 84 valence electrons. The van der Waals surface area contributed by atoms with Crippen molar-refractivity contribution < 1.29 is 14.3 Å². The van der Waals surface area contributed by atoms with E-state index >= 15 is 0 Å². The Hall–Kier alpha value is -0.850. The summed E-state index contributed by atoms with van der Waals surface area (Å²) in [6.45, 7) is 4.72. The lowest BCUT2D eigenvalue weighted by atomic mass is 10.1. The lowest BCUT2D eigenvalue weighted by Gasteiger charge is -2.21. The van der Waals surface area contributed by atoms with Crippen molar-refractivity contribution in [2.75, 3.05) is 13.2 Å². The van der Waals surface area contributed by atoms with Gasteiger partial charge in [0.15, 0.2) is 6.29 Å². The van der Waals surface area contributed by atoms with Crippen LogP contribution in [0, 0.1) is 17.8 Å². The lowest BCUT2D eigenvalue weighted by Crippen LogP contribution is -2.22. The zero-order valence-corrected chi connectivity index (χ0v) is 9.41. The van der Waals surface area contributed by atoms with E-state index < -0.39 is 0 Å². The number of hydrogen-bond donors (Lipinski definition) is 0. The van der Waals surface area contributed by atoms with Crippen LogP contribution in [0.3, 0.4) is 0 Å². The van der Waals surface area contributed by atoms with Crippen LogP contribution in [0.1, 0.15) is 33.1 Å². The summed E-state index contributed by atoms with van der Waals surface area (Å²) in [4.78, 5) is 11.1. The molecule has 0 amide bonds. The fourth-order valence-corrected chi connectivity index (χ4v) is 1.24. The number of Topliss-reactive ketones (excluding diaryl/α,β-unsaturated/α-hetero) is 1. The second kappa shape index (κ2) is 6.60. The van der Waals surface area contributed by atoms with E-state index in [1.165, 1.54) is 0 Å². The minimum atomic E-state index is -0.123. The molecule has 15 heavy (non-hydrogen) atoms. The van der Waals surface area contributed by atoms with Crippen LogP contribution >= 0.6 is 0 Å². The van der Waals surface area contributed by atoms with Crippen molar-refractivity contribution in [1.82, 2.24) is 0 Å². The minimum Gasteiger partial charge on any atom is -0.353 e. The molecule has 0 aliphatic carbocycles. The quantitative estimate of drug-likeness (QED) is 0.526. The van der Waals surface area contributed by atoms with Gasteiger partial charge in [0.1, 0.15) is 6.61 Å². The molecule has 0 aromatic heterocycles. The number of hydrogen-bond acceptors (Lipinski definition) is 3. The van der Waals surface area contributed by atoms with Gasteiger partial charge >= 0.3 is 0 Å². The highest BCUT2D eigenvalue weighted by atomic mass is 16.7. The van der Waals surface area contributed by atoms with Crippen LogP contribution in [0.2, 0.25) is 0 Å². The van der Waals surface area contributed by atoms with Crippen LogP contribution in [0.15, 0.2) is 0 Å². The minimum absolute atomic E-state index is 0.0246. The number of ether oxygens (including phenoxy) is 2. The summed E-state index contributed by atoms with van der Waals surface area (Å²) in [5.41, 5.74) is 0. The fraction of sp³-hybridized carbons (Fsp3) is 0.750. The Morgan fingerprint density at radius 1 is 1.53 bits per heavy atom. The second-order valence-electron chi connectivity index (χ2n) is 3.93. The summed E-state index contributed by atoms with van der Waals surface area (Å²) in [7, 11) is 0. The molecule has 0 aromatic carbocycles. The Kier molecular flexibility index (Phi) is 5.38. The summed E-state index contributed by atoms with van der Waals surface area (Å²) < 4.78 is 10.7. The van der Waals surface area contributed by atoms with Gasteiger partial charge in [0.05, 0.1) is 0 Å². The van der Waals surface area contributed by atoms with Gasteiger partial charge in [-0.1, -0.05) is 19.8 Å². The maximum absolute atomic E-state index is 11.1. The van der Waals surface area contributed by atoms with E-state index in [-0.39, 0.29) is 24.6 Å². The van der Waals surface area contributed by atoms with E-state index in [1.54, 1.807) is 0 Å². The molecule has 1 heterocycles. The fourth-order valence-electron chi connectivity index (χ4n) is 1.24. The Morgan fingerprint density at radius 3 is 2.93 bits per heavy atom. The van der Waals surface area contributed by atoms with Gasteiger partial charge in [-0.05, 0) is 25.2 Å². The molecule has 1 fully saturated rings. The molecule has 0 saturated carbocycles. The van der Waals surface area contributed by atoms with E-state index in [1.807, 2.05) is 13.8 Å². The molecule has 0 bridgehead atoms. The molecule has 1 saturated heterocycles. The van der Waals surface area contributed by atoms with Crippen LogP contribution in [-0.2, 0) is 14.3 Å². The maximum atomic E-state index is 11.1. The Morgan fingerprint density at radius 2 is 2.33 bits per heavy atom. The average molecular weight is 210 g/mol. The van der Waals surface area contributed by atoms with Crippen molar-refractivity contribution in [1.29, 1.82) is 0 Å². The van der Waals surface area contributed by atoms with E-state index in [4.69, 9.17) is 9.47 Å². The Bertz CT molecular complexity index is 254. The van der Waals surface area contributed by atoms with Gasteiger partial charge in [-0.2, -0.15) is 0 Å². The van der Waals surface area contributed by atoms with Gasteiger partial charge in [-0.15, -0.1) is 0 Å². The van der Waals surface area contributed by atoms with Gasteiger partial charge in [0, 0.05) is 12.5 Å². The highest BCUT2D eigenvalue weighted by molar-refractivity contribution is 5.96. The predicted molar refractivity (Wildman–Crippen MR) is 57.2 cm³/mol. The number of carbonyl (C=O) groups is 1. The largest absolute Gasteiger partial charge is 0.353 e. The third-order valence-electron chi connectivity index (χ3n) is 2.22. The number of rotatable bonds is 3. The van der Waals surface area contributed by atoms with Crippen LogP contribution in [0.4, 0.5) is 0 Å². The first-order chi connectivity index (χ1) is 7.20. The van der Waals surface area contributed by atoms with Crippen molar-refractivity contribution in [2.45, 2.75) is 39.4 Å². The topological polar surface area (TPSA) is 35.5 Å². The zero-order chi connectivity index (χ0) is 11.1. The van der Waals surface area contributed by atoms with Crippen LogP contribution in [0.5, 0.6) is 0 Å². The third-order valence-corrected chi connectivity index (χ3v) is 2.22.